The zero-order valence-electron chi connectivity index (χ0n) is 14.0. The number of anilines is 1. The maximum atomic E-state index is 12.5. The van der Waals surface area contributed by atoms with E-state index >= 15 is 0 Å². The number of nitrogens with zero attached hydrogens (tertiary/aromatic N) is 2. The minimum atomic E-state index is -0.581. The number of fused-ring (bicyclic) bond motifs is 1. The van der Waals surface area contributed by atoms with E-state index < -0.39 is 11.5 Å². The molecule has 0 spiro atoms. The van der Waals surface area contributed by atoms with Crippen molar-refractivity contribution in [3.05, 3.63) is 67.4 Å². The van der Waals surface area contributed by atoms with Gasteiger partial charge in [0.1, 0.15) is 22.5 Å². The number of thiophene rings is 1. The van der Waals surface area contributed by atoms with Crippen molar-refractivity contribution in [2.24, 2.45) is 0 Å². The van der Waals surface area contributed by atoms with E-state index in [0.29, 0.717) is 27.0 Å². The fourth-order valence-electron chi connectivity index (χ4n) is 3.09. The summed E-state index contributed by atoms with van der Waals surface area (Å²) in [6, 6.07) is 9.01. The number of nitriles is 1. The summed E-state index contributed by atoms with van der Waals surface area (Å²) in [6.07, 6.45) is 4.04. The summed E-state index contributed by atoms with van der Waals surface area (Å²) in [4.78, 5) is 32.8. The molecule has 0 fully saturated rings. The highest BCUT2D eigenvalue weighted by Gasteiger charge is 2.24. The van der Waals surface area contributed by atoms with Gasteiger partial charge in [-0.05, 0) is 49.1 Å². The van der Waals surface area contributed by atoms with Crippen LogP contribution in [-0.2, 0) is 12.8 Å². The summed E-state index contributed by atoms with van der Waals surface area (Å²) in [5.41, 5.74) is 1.55. The quantitative estimate of drug-likeness (QED) is 0.704. The SMILES string of the molecule is N#Cc1c(NC(=O)c2cnc(-c3ccc(Cl)cc3)[nH]c2=O)sc2c1CCC2. The zero-order valence-corrected chi connectivity index (χ0v) is 15.6. The molecule has 0 bridgehead atoms. The average Bonchev–Trinajstić information content (AvgIpc) is 3.22. The van der Waals surface area contributed by atoms with E-state index in [1.807, 2.05) is 0 Å². The Balaban J connectivity index is 1.61. The van der Waals surface area contributed by atoms with E-state index in [1.54, 1.807) is 24.3 Å². The lowest BCUT2D eigenvalue weighted by Crippen LogP contribution is -2.24. The number of benzene rings is 1. The smallest absolute Gasteiger partial charge is 0.264 e. The summed E-state index contributed by atoms with van der Waals surface area (Å²) < 4.78 is 0. The minimum Gasteiger partial charge on any atom is -0.312 e. The van der Waals surface area contributed by atoms with Crippen LogP contribution in [0.1, 0.15) is 32.8 Å². The second kappa shape index (κ2) is 6.99. The largest absolute Gasteiger partial charge is 0.312 e. The number of hydrogen-bond acceptors (Lipinski definition) is 5. The molecular formula is C19H13ClN4O2S. The molecule has 1 aromatic carbocycles. The number of aromatic nitrogens is 2. The molecule has 0 atom stereocenters. The number of nitrogens with one attached hydrogen (secondary N) is 2. The molecule has 6 nitrogen and oxygen atoms in total. The van der Waals surface area contributed by atoms with Crippen LogP contribution < -0.4 is 10.9 Å². The number of aromatic amines is 1. The van der Waals surface area contributed by atoms with Gasteiger partial charge in [0.15, 0.2) is 0 Å². The Morgan fingerprint density at radius 3 is 2.78 bits per heavy atom. The Kier molecular flexibility index (Phi) is 4.52. The Bertz CT molecular complexity index is 1140. The van der Waals surface area contributed by atoms with E-state index in [9.17, 15) is 14.9 Å². The molecule has 1 aliphatic carbocycles. The number of aryl methyl sites for hydroxylation is 1. The molecule has 0 unspecified atom stereocenters. The highest BCUT2D eigenvalue weighted by atomic mass is 35.5. The number of halogens is 1. The minimum absolute atomic E-state index is 0.106. The molecule has 0 radical (unpaired) electrons. The number of H-pyrrole nitrogens is 1. The van der Waals surface area contributed by atoms with Gasteiger partial charge in [-0.25, -0.2) is 4.98 Å². The molecule has 1 aliphatic rings. The first-order valence-corrected chi connectivity index (χ1v) is 9.47. The molecule has 3 aromatic rings. The van der Waals surface area contributed by atoms with E-state index in [0.717, 1.165) is 29.7 Å². The predicted molar refractivity (Wildman–Crippen MR) is 104 cm³/mol. The van der Waals surface area contributed by atoms with Gasteiger partial charge >= 0.3 is 0 Å². The van der Waals surface area contributed by atoms with Gasteiger partial charge in [-0.15, -0.1) is 11.3 Å². The van der Waals surface area contributed by atoms with E-state index in [-0.39, 0.29) is 5.56 Å². The number of rotatable bonds is 3. The summed E-state index contributed by atoms with van der Waals surface area (Å²) in [5.74, 6) is -0.233. The van der Waals surface area contributed by atoms with Gasteiger partial charge in [0, 0.05) is 21.7 Å². The Morgan fingerprint density at radius 1 is 1.30 bits per heavy atom. The molecule has 2 N–H and O–H groups in total. The lowest BCUT2D eigenvalue weighted by molar-refractivity contribution is 0.102. The normalized spacial score (nSPS) is 12.4. The van der Waals surface area contributed by atoms with Crippen LogP contribution in [0.25, 0.3) is 11.4 Å². The van der Waals surface area contributed by atoms with Crippen molar-refractivity contribution in [1.82, 2.24) is 9.97 Å². The number of amides is 1. The van der Waals surface area contributed by atoms with E-state index in [4.69, 9.17) is 11.6 Å². The third-order valence-electron chi connectivity index (χ3n) is 4.42. The molecule has 4 rings (SSSR count). The number of hydrogen-bond donors (Lipinski definition) is 2. The molecule has 27 heavy (non-hydrogen) atoms. The second-order valence-corrected chi connectivity index (χ2v) is 7.65. The van der Waals surface area contributed by atoms with E-state index in [1.165, 1.54) is 17.5 Å². The molecule has 1 amide bonds. The summed E-state index contributed by atoms with van der Waals surface area (Å²) in [5, 5.41) is 13.2. The predicted octanol–water partition coefficient (Wildman–Crippen LogP) is 3.76. The molecule has 0 aliphatic heterocycles. The first-order chi connectivity index (χ1) is 13.1. The zero-order chi connectivity index (χ0) is 19.0. The van der Waals surface area contributed by atoms with Crippen LogP contribution in [0.4, 0.5) is 5.00 Å². The highest BCUT2D eigenvalue weighted by molar-refractivity contribution is 7.16. The molecule has 0 saturated heterocycles. The fraction of sp³-hybridized carbons (Fsp3) is 0.158. The van der Waals surface area contributed by atoms with Crippen LogP contribution in [0.15, 0.2) is 35.3 Å². The molecule has 2 aromatic heterocycles. The monoisotopic (exact) mass is 396 g/mol. The lowest BCUT2D eigenvalue weighted by Gasteiger charge is -2.05. The first kappa shape index (κ1) is 17.5. The van der Waals surface area contributed by atoms with Crippen molar-refractivity contribution >= 4 is 33.8 Å². The van der Waals surface area contributed by atoms with Gasteiger partial charge in [0.2, 0.25) is 0 Å². The van der Waals surface area contributed by atoms with Crippen molar-refractivity contribution in [1.29, 1.82) is 5.26 Å². The maximum absolute atomic E-state index is 12.5. The standard InChI is InChI=1S/C19H13ClN4O2S/c20-11-6-4-10(5-7-11)16-22-9-14(17(25)23-16)18(26)24-19-13(8-21)12-2-1-3-15(12)27-19/h4-7,9H,1-3H2,(H,24,26)(H,22,23,25). The number of carbonyl (C=O) groups is 1. The molecule has 8 heteroatoms. The maximum Gasteiger partial charge on any atom is 0.264 e. The average molecular weight is 397 g/mol. The number of carbonyl (C=O) groups excluding carboxylic acids is 1. The van der Waals surface area contributed by atoms with Crippen molar-refractivity contribution in [3.8, 4) is 17.5 Å². The van der Waals surface area contributed by atoms with Crippen molar-refractivity contribution in [2.75, 3.05) is 5.32 Å². The van der Waals surface area contributed by atoms with Gasteiger partial charge in [0.05, 0.1) is 5.56 Å². The molecule has 134 valence electrons. The van der Waals surface area contributed by atoms with Crippen LogP contribution >= 0.6 is 22.9 Å². The van der Waals surface area contributed by atoms with Crippen LogP contribution in [0.3, 0.4) is 0 Å². The van der Waals surface area contributed by atoms with Crippen molar-refractivity contribution in [3.63, 3.8) is 0 Å². The van der Waals surface area contributed by atoms with Crippen LogP contribution in [0.2, 0.25) is 5.02 Å². The van der Waals surface area contributed by atoms with Gasteiger partial charge in [0.25, 0.3) is 11.5 Å². The molecule has 0 saturated carbocycles. The summed E-state index contributed by atoms with van der Waals surface area (Å²) in [6.45, 7) is 0. The summed E-state index contributed by atoms with van der Waals surface area (Å²) in [7, 11) is 0. The van der Waals surface area contributed by atoms with E-state index in [2.05, 4.69) is 21.4 Å². The van der Waals surface area contributed by atoms with Gasteiger partial charge in [-0.2, -0.15) is 5.26 Å². The Labute approximate surface area is 163 Å². The fourth-order valence-corrected chi connectivity index (χ4v) is 4.45. The first-order valence-electron chi connectivity index (χ1n) is 8.28. The Morgan fingerprint density at radius 2 is 2.07 bits per heavy atom. The van der Waals surface area contributed by atoms with Gasteiger partial charge in [-0.3, -0.25) is 9.59 Å². The van der Waals surface area contributed by atoms with Crippen molar-refractivity contribution < 1.29 is 4.79 Å². The van der Waals surface area contributed by atoms with Crippen LogP contribution in [0.5, 0.6) is 0 Å². The third kappa shape index (κ3) is 3.25. The third-order valence-corrected chi connectivity index (χ3v) is 5.88. The van der Waals surface area contributed by atoms with Gasteiger partial charge < -0.3 is 10.3 Å². The Hall–Kier alpha value is -2.95. The van der Waals surface area contributed by atoms with Crippen LogP contribution in [0, 0.1) is 11.3 Å². The summed E-state index contributed by atoms with van der Waals surface area (Å²) >= 11 is 7.26. The molecular weight excluding hydrogens is 384 g/mol. The van der Waals surface area contributed by atoms with Crippen LogP contribution in [-0.4, -0.2) is 15.9 Å². The van der Waals surface area contributed by atoms with Gasteiger partial charge in [-0.1, -0.05) is 11.6 Å². The molecule has 2 heterocycles. The highest BCUT2D eigenvalue weighted by Crippen LogP contribution is 2.38. The topological polar surface area (TPSA) is 98.6 Å². The lowest BCUT2D eigenvalue weighted by atomic mass is 10.1. The second-order valence-electron chi connectivity index (χ2n) is 6.11. The van der Waals surface area contributed by atoms with Crippen molar-refractivity contribution in [2.45, 2.75) is 19.3 Å².